The first-order valence-corrected chi connectivity index (χ1v) is 13.1. The van der Waals surface area contributed by atoms with Crippen molar-refractivity contribution in [2.24, 2.45) is 0 Å². The van der Waals surface area contributed by atoms with E-state index < -0.39 is 5.97 Å². The molecule has 1 N–H and O–H groups in total. The lowest BCUT2D eigenvalue weighted by Gasteiger charge is -2.22. The third kappa shape index (κ3) is 7.23. The fourth-order valence-corrected chi connectivity index (χ4v) is 4.75. The number of ether oxygens (including phenoxy) is 3. The van der Waals surface area contributed by atoms with Gasteiger partial charge in [0.1, 0.15) is 31.3 Å². The lowest BCUT2D eigenvalue weighted by atomic mass is 9.83. The van der Waals surface area contributed by atoms with Crippen molar-refractivity contribution in [3.05, 3.63) is 84.4 Å². The molecule has 1 aliphatic carbocycles. The number of carbonyl (C=O) groups is 1. The summed E-state index contributed by atoms with van der Waals surface area (Å²) in [6.45, 7) is 5.83. The molecule has 0 radical (unpaired) electrons. The Kier molecular flexibility index (Phi) is 9.39. The van der Waals surface area contributed by atoms with Crippen LogP contribution < -0.4 is 9.47 Å². The molecule has 3 aromatic carbocycles. The highest BCUT2D eigenvalue weighted by Gasteiger charge is 2.16. The zero-order valence-electron chi connectivity index (χ0n) is 21.6. The van der Waals surface area contributed by atoms with E-state index in [1.807, 2.05) is 30.3 Å². The quantitative estimate of drug-likeness (QED) is 0.176. The van der Waals surface area contributed by atoms with Crippen LogP contribution in [0.5, 0.6) is 11.5 Å². The molecule has 194 valence electrons. The highest BCUT2D eigenvalue weighted by molar-refractivity contribution is 5.86. The molecule has 0 spiro atoms. The minimum atomic E-state index is -0.422. The molecule has 0 unspecified atom stereocenters. The predicted octanol–water partition coefficient (Wildman–Crippen LogP) is 6.94. The third-order valence-corrected chi connectivity index (χ3v) is 6.75. The van der Waals surface area contributed by atoms with Crippen molar-refractivity contribution in [1.82, 2.24) is 0 Å². The van der Waals surface area contributed by atoms with E-state index in [9.17, 15) is 4.79 Å². The summed E-state index contributed by atoms with van der Waals surface area (Å²) in [7, 11) is 0. The van der Waals surface area contributed by atoms with E-state index in [2.05, 4.69) is 43.0 Å². The lowest BCUT2D eigenvalue weighted by molar-refractivity contribution is -0.139. The van der Waals surface area contributed by atoms with Gasteiger partial charge in [-0.05, 0) is 66.1 Å². The molecular formula is C32H36O5. The number of hydrogen-bond acceptors (Lipinski definition) is 5. The van der Waals surface area contributed by atoms with E-state index in [0.29, 0.717) is 23.0 Å². The minimum absolute atomic E-state index is 0.0290. The van der Waals surface area contributed by atoms with Crippen LogP contribution in [-0.2, 0) is 9.53 Å². The van der Waals surface area contributed by atoms with Gasteiger partial charge in [0.05, 0.1) is 6.61 Å². The van der Waals surface area contributed by atoms with Crippen LogP contribution in [0, 0.1) is 0 Å². The van der Waals surface area contributed by atoms with Crippen molar-refractivity contribution >= 4 is 5.97 Å². The van der Waals surface area contributed by atoms with E-state index in [-0.39, 0.29) is 26.4 Å². The normalized spacial score (nSPS) is 13.7. The molecule has 5 nitrogen and oxygen atoms in total. The SMILES string of the molecule is C=C(C)C(=O)OCCOc1cc(-c2ccc(C3CCCCC3)cc2)ccc1-c1ccc(OCCO)cc1. The van der Waals surface area contributed by atoms with E-state index >= 15 is 0 Å². The van der Waals surface area contributed by atoms with Crippen molar-refractivity contribution < 1.29 is 24.1 Å². The molecule has 0 bridgehead atoms. The number of hydrogen-bond donors (Lipinski definition) is 1. The van der Waals surface area contributed by atoms with Crippen molar-refractivity contribution in [2.45, 2.75) is 44.9 Å². The third-order valence-electron chi connectivity index (χ3n) is 6.75. The Labute approximate surface area is 219 Å². The van der Waals surface area contributed by atoms with Crippen molar-refractivity contribution in [2.75, 3.05) is 26.4 Å². The number of carbonyl (C=O) groups excluding carboxylic acids is 1. The number of esters is 1. The summed E-state index contributed by atoms with van der Waals surface area (Å²) in [5.41, 5.74) is 5.91. The maximum absolute atomic E-state index is 11.7. The van der Waals surface area contributed by atoms with Crippen LogP contribution in [-0.4, -0.2) is 37.5 Å². The van der Waals surface area contributed by atoms with Gasteiger partial charge >= 0.3 is 5.97 Å². The number of benzene rings is 3. The topological polar surface area (TPSA) is 65.0 Å². The van der Waals surface area contributed by atoms with E-state index in [0.717, 1.165) is 22.3 Å². The van der Waals surface area contributed by atoms with Gasteiger partial charge in [-0.2, -0.15) is 0 Å². The zero-order valence-corrected chi connectivity index (χ0v) is 21.6. The van der Waals surface area contributed by atoms with Crippen molar-refractivity contribution in [3.8, 4) is 33.8 Å². The number of rotatable bonds is 11. The summed E-state index contributed by atoms with van der Waals surface area (Å²) in [6, 6.07) is 22.8. The van der Waals surface area contributed by atoms with Crippen molar-refractivity contribution in [1.29, 1.82) is 0 Å². The predicted molar refractivity (Wildman–Crippen MR) is 147 cm³/mol. The van der Waals surface area contributed by atoms with Gasteiger partial charge in [0, 0.05) is 11.1 Å². The molecule has 3 aromatic rings. The smallest absolute Gasteiger partial charge is 0.333 e. The monoisotopic (exact) mass is 500 g/mol. The van der Waals surface area contributed by atoms with Gasteiger partial charge in [0.2, 0.25) is 0 Å². The molecule has 1 aliphatic rings. The second-order valence-electron chi connectivity index (χ2n) is 9.53. The highest BCUT2D eigenvalue weighted by Crippen LogP contribution is 2.37. The van der Waals surface area contributed by atoms with Crippen LogP contribution in [0.2, 0.25) is 0 Å². The first-order valence-electron chi connectivity index (χ1n) is 13.1. The molecule has 0 aromatic heterocycles. The second kappa shape index (κ2) is 13.1. The number of aliphatic hydroxyl groups is 1. The zero-order chi connectivity index (χ0) is 26.0. The van der Waals surface area contributed by atoms with Gasteiger partial charge in [-0.1, -0.05) is 74.4 Å². The molecular weight excluding hydrogens is 464 g/mol. The Morgan fingerprint density at radius 2 is 1.51 bits per heavy atom. The molecule has 1 fully saturated rings. The molecule has 37 heavy (non-hydrogen) atoms. The largest absolute Gasteiger partial charge is 0.491 e. The Bertz CT molecular complexity index is 1170. The average molecular weight is 501 g/mol. The van der Waals surface area contributed by atoms with Crippen LogP contribution in [0.25, 0.3) is 22.3 Å². The highest BCUT2D eigenvalue weighted by atomic mass is 16.6. The summed E-state index contributed by atoms with van der Waals surface area (Å²) in [6.07, 6.45) is 6.57. The van der Waals surface area contributed by atoms with Crippen LogP contribution in [0.15, 0.2) is 78.9 Å². The first-order chi connectivity index (χ1) is 18.0. The van der Waals surface area contributed by atoms with Gasteiger partial charge in [-0.25, -0.2) is 4.79 Å². The van der Waals surface area contributed by atoms with Gasteiger partial charge in [0.15, 0.2) is 0 Å². The van der Waals surface area contributed by atoms with E-state index in [1.165, 1.54) is 37.7 Å². The molecule has 1 saturated carbocycles. The molecule has 0 saturated heterocycles. The molecule has 0 atom stereocenters. The van der Waals surface area contributed by atoms with Crippen LogP contribution in [0.3, 0.4) is 0 Å². The Balaban J connectivity index is 1.55. The summed E-state index contributed by atoms with van der Waals surface area (Å²) in [5, 5.41) is 8.99. The Morgan fingerprint density at radius 3 is 2.19 bits per heavy atom. The van der Waals surface area contributed by atoms with Crippen LogP contribution in [0.4, 0.5) is 0 Å². The van der Waals surface area contributed by atoms with Gasteiger partial charge < -0.3 is 19.3 Å². The van der Waals surface area contributed by atoms with E-state index in [1.54, 1.807) is 6.92 Å². The Hall–Kier alpha value is -3.57. The maximum atomic E-state index is 11.7. The minimum Gasteiger partial charge on any atom is -0.491 e. The lowest BCUT2D eigenvalue weighted by Crippen LogP contribution is -2.12. The second-order valence-corrected chi connectivity index (χ2v) is 9.53. The van der Waals surface area contributed by atoms with Crippen molar-refractivity contribution in [3.63, 3.8) is 0 Å². The van der Waals surface area contributed by atoms with Crippen LogP contribution in [0.1, 0.15) is 50.5 Å². The standard InChI is InChI=1S/C32H36O5/c1-23(2)32(34)37-21-20-36-31-22-28(26-10-8-25(9-11-26)24-6-4-3-5-7-24)14-17-30(31)27-12-15-29(16-13-27)35-19-18-33/h8-17,22,24,33H,1,3-7,18-21H2,2H3. The summed E-state index contributed by atoms with van der Waals surface area (Å²) in [4.78, 5) is 11.7. The maximum Gasteiger partial charge on any atom is 0.333 e. The Morgan fingerprint density at radius 1 is 0.838 bits per heavy atom. The summed E-state index contributed by atoms with van der Waals surface area (Å²) < 4.78 is 16.8. The first kappa shape index (κ1) is 26.5. The summed E-state index contributed by atoms with van der Waals surface area (Å²) in [5.74, 6) is 1.66. The fraction of sp³-hybridized carbons (Fsp3) is 0.344. The molecule has 0 aliphatic heterocycles. The van der Waals surface area contributed by atoms with Gasteiger partial charge in [0.25, 0.3) is 0 Å². The summed E-state index contributed by atoms with van der Waals surface area (Å²) >= 11 is 0. The van der Waals surface area contributed by atoms with Gasteiger partial charge in [-0.15, -0.1) is 0 Å². The number of aliphatic hydroxyl groups excluding tert-OH is 1. The molecule has 0 heterocycles. The molecule has 5 heteroatoms. The molecule has 0 amide bonds. The molecule has 4 rings (SSSR count). The van der Waals surface area contributed by atoms with Crippen LogP contribution >= 0.6 is 0 Å². The fourth-order valence-electron chi connectivity index (χ4n) is 4.75. The average Bonchev–Trinajstić information content (AvgIpc) is 2.95. The van der Waals surface area contributed by atoms with Gasteiger partial charge in [-0.3, -0.25) is 0 Å². The van der Waals surface area contributed by atoms with E-state index in [4.69, 9.17) is 19.3 Å².